The Hall–Kier alpha value is -1.16. The molecule has 0 saturated heterocycles. The molecular weight excluding hydrogens is 212 g/mol. The van der Waals surface area contributed by atoms with Gasteiger partial charge in [0.25, 0.3) is 0 Å². The quantitative estimate of drug-likeness (QED) is 0.575. The highest BCUT2D eigenvalue weighted by Gasteiger charge is 2.19. The lowest BCUT2D eigenvalue weighted by Gasteiger charge is -2.18. The van der Waals surface area contributed by atoms with Crippen LogP contribution in [-0.4, -0.2) is 17.4 Å². The number of thiophene rings is 1. The summed E-state index contributed by atoms with van der Waals surface area (Å²) < 4.78 is 5.18. The number of esters is 1. The van der Waals surface area contributed by atoms with Gasteiger partial charge in [-0.25, -0.2) is 4.79 Å². The highest BCUT2D eigenvalue weighted by atomic mass is 32.1. The van der Waals surface area contributed by atoms with Crippen molar-refractivity contribution in [1.29, 1.82) is 0 Å². The molecular formula is C11H14O3S. The first-order valence-electron chi connectivity index (χ1n) is 4.64. The zero-order chi connectivity index (χ0) is 11.6. The number of Topliss-reactive ketones (excluding diaryl/α,β-unsaturated/α-hetero) is 1. The van der Waals surface area contributed by atoms with Gasteiger partial charge in [0.2, 0.25) is 0 Å². The summed E-state index contributed by atoms with van der Waals surface area (Å²) in [5.41, 5.74) is -0.503. The molecule has 3 nitrogen and oxygen atoms in total. The topological polar surface area (TPSA) is 43.4 Å². The summed E-state index contributed by atoms with van der Waals surface area (Å²) in [7, 11) is 0. The van der Waals surface area contributed by atoms with Crippen LogP contribution in [0, 0.1) is 0 Å². The summed E-state index contributed by atoms with van der Waals surface area (Å²) >= 11 is 1.17. The van der Waals surface area contributed by atoms with Gasteiger partial charge in [0.1, 0.15) is 10.5 Å². The SMILES string of the molecule is CC(=O)c1ccc(C(=O)OC(C)(C)C)s1. The zero-order valence-electron chi connectivity index (χ0n) is 9.29. The fourth-order valence-electron chi connectivity index (χ4n) is 0.965. The first-order valence-corrected chi connectivity index (χ1v) is 5.45. The second-order valence-corrected chi connectivity index (χ2v) is 5.31. The largest absolute Gasteiger partial charge is 0.456 e. The van der Waals surface area contributed by atoms with E-state index in [2.05, 4.69) is 0 Å². The summed E-state index contributed by atoms with van der Waals surface area (Å²) in [6.45, 7) is 6.91. The van der Waals surface area contributed by atoms with Crippen molar-refractivity contribution in [2.45, 2.75) is 33.3 Å². The molecule has 1 heterocycles. The van der Waals surface area contributed by atoms with Crippen molar-refractivity contribution in [3.8, 4) is 0 Å². The Balaban J connectivity index is 2.79. The Morgan fingerprint density at radius 1 is 1.20 bits per heavy atom. The maximum absolute atomic E-state index is 11.6. The third kappa shape index (κ3) is 3.47. The smallest absolute Gasteiger partial charge is 0.348 e. The van der Waals surface area contributed by atoms with E-state index in [-0.39, 0.29) is 11.8 Å². The van der Waals surface area contributed by atoms with Crippen LogP contribution in [-0.2, 0) is 4.74 Å². The van der Waals surface area contributed by atoms with Gasteiger partial charge in [-0.1, -0.05) is 0 Å². The van der Waals surface area contributed by atoms with E-state index >= 15 is 0 Å². The van der Waals surface area contributed by atoms with E-state index < -0.39 is 5.60 Å². The molecule has 0 N–H and O–H groups in total. The first kappa shape index (κ1) is 11.9. The Labute approximate surface area is 93.1 Å². The van der Waals surface area contributed by atoms with Crippen molar-refractivity contribution in [3.63, 3.8) is 0 Å². The maximum Gasteiger partial charge on any atom is 0.348 e. The van der Waals surface area contributed by atoms with Crippen molar-refractivity contribution in [2.24, 2.45) is 0 Å². The second kappa shape index (κ2) is 4.14. The Morgan fingerprint density at radius 2 is 1.73 bits per heavy atom. The zero-order valence-corrected chi connectivity index (χ0v) is 10.1. The number of rotatable bonds is 2. The standard InChI is InChI=1S/C11H14O3S/c1-7(12)8-5-6-9(15-8)10(13)14-11(2,3)4/h5-6H,1-4H3. The van der Waals surface area contributed by atoms with E-state index in [1.54, 1.807) is 12.1 Å². The number of ether oxygens (including phenoxy) is 1. The maximum atomic E-state index is 11.6. The fourth-order valence-corrected chi connectivity index (χ4v) is 1.74. The van der Waals surface area contributed by atoms with Crippen LogP contribution in [0.25, 0.3) is 0 Å². The summed E-state index contributed by atoms with van der Waals surface area (Å²) in [5.74, 6) is -0.408. The van der Waals surface area contributed by atoms with Gasteiger partial charge in [0.05, 0.1) is 4.88 Å². The molecule has 0 unspecified atom stereocenters. The molecule has 4 heteroatoms. The van der Waals surface area contributed by atoms with Gasteiger partial charge >= 0.3 is 5.97 Å². The van der Waals surface area contributed by atoms with Gasteiger partial charge in [-0.3, -0.25) is 4.79 Å². The van der Waals surface area contributed by atoms with Gasteiger partial charge in [0, 0.05) is 0 Å². The monoisotopic (exact) mass is 226 g/mol. The number of carbonyl (C=O) groups excluding carboxylic acids is 2. The molecule has 0 fully saturated rings. The van der Waals surface area contributed by atoms with Gasteiger partial charge in [-0.15, -0.1) is 11.3 Å². The Kier molecular flexibility index (Phi) is 3.29. The van der Waals surface area contributed by atoms with Gasteiger partial charge in [-0.2, -0.15) is 0 Å². The van der Waals surface area contributed by atoms with E-state index in [1.807, 2.05) is 20.8 Å². The molecule has 82 valence electrons. The van der Waals surface area contributed by atoms with Crippen molar-refractivity contribution >= 4 is 23.1 Å². The summed E-state index contributed by atoms with van der Waals surface area (Å²) in [6.07, 6.45) is 0. The molecule has 0 spiro atoms. The fraction of sp³-hybridized carbons (Fsp3) is 0.455. The van der Waals surface area contributed by atoms with Crippen molar-refractivity contribution in [1.82, 2.24) is 0 Å². The van der Waals surface area contributed by atoms with Gasteiger partial charge < -0.3 is 4.74 Å². The minimum absolute atomic E-state index is 0.0326. The number of hydrogen-bond acceptors (Lipinski definition) is 4. The van der Waals surface area contributed by atoms with Gasteiger partial charge in [0.15, 0.2) is 5.78 Å². The predicted molar refractivity (Wildman–Crippen MR) is 59.5 cm³/mol. The Morgan fingerprint density at radius 3 is 2.13 bits per heavy atom. The van der Waals surface area contributed by atoms with E-state index in [0.29, 0.717) is 9.75 Å². The van der Waals surface area contributed by atoms with Crippen LogP contribution in [0.3, 0.4) is 0 Å². The molecule has 15 heavy (non-hydrogen) atoms. The third-order valence-electron chi connectivity index (χ3n) is 1.55. The van der Waals surface area contributed by atoms with Gasteiger partial charge in [-0.05, 0) is 39.8 Å². The predicted octanol–water partition coefficient (Wildman–Crippen LogP) is 2.91. The molecule has 0 aliphatic rings. The van der Waals surface area contributed by atoms with Crippen LogP contribution in [0.1, 0.15) is 47.0 Å². The molecule has 0 saturated carbocycles. The van der Waals surface area contributed by atoms with Crippen LogP contribution in [0.2, 0.25) is 0 Å². The Bertz CT molecular complexity index is 385. The van der Waals surface area contributed by atoms with Crippen molar-refractivity contribution < 1.29 is 14.3 Å². The molecule has 0 bridgehead atoms. The first-order chi connectivity index (χ1) is 6.79. The molecule has 1 aromatic heterocycles. The normalized spacial score (nSPS) is 11.2. The highest BCUT2D eigenvalue weighted by molar-refractivity contribution is 7.15. The van der Waals surface area contributed by atoms with E-state index in [4.69, 9.17) is 4.74 Å². The van der Waals surface area contributed by atoms with Crippen LogP contribution < -0.4 is 0 Å². The lowest BCUT2D eigenvalue weighted by molar-refractivity contribution is 0.00752. The van der Waals surface area contributed by atoms with Crippen molar-refractivity contribution in [3.05, 3.63) is 21.9 Å². The molecule has 1 aromatic rings. The summed E-state index contributed by atoms with van der Waals surface area (Å²) in [4.78, 5) is 23.6. The van der Waals surface area contributed by atoms with E-state index in [1.165, 1.54) is 18.3 Å². The minimum atomic E-state index is -0.503. The van der Waals surface area contributed by atoms with Crippen molar-refractivity contribution in [2.75, 3.05) is 0 Å². The lowest BCUT2D eigenvalue weighted by Crippen LogP contribution is -2.23. The molecule has 0 radical (unpaired) electrons. The average Bonchev–Trinajstić information content (AvgIpc) is 2.47. The minimum Gasteiger partial charge on any atom is -0.456 e. The summed E-state index contributed by atoms with van der Waals surface area (Å²) in [6, 6.07) is 3.27. The average molecular weight is 226 g/mol. The molecule has 0 aliphatic heterocycles. The molecule has 0 aromatic carbocycles. The van der Waals surface area contributed by atoms with E-state index in [0.717, 1.165) is 0 Å². The summed E-state index contributed by atoms with van der Waals surface area (Å²) in [5, 5.41) is 0. The molecule has 0 aliphatic carbocycles. The van der Waals surface area contributed by atoms with Crippen LogP contribution in [0.15, 0.2) is 12.1 Å². The van der Waals surface area contributed by atoms with Crippen LogP contribution in [0.4, 0.5) is 0 Å². The van der Waals surface area contributed by atoms with Crippen LogP contribution >= 0.6 is 11.3 Å². The third-order valence-corrected chi connectivity index (χ3v) is 2.72. The molecule has 1 rings (SSSR count). The number of carbonyl (C=O) groups is 2. The van der Waals surface area contributed by atoms with E-state index in [9.17, 15) is 9.59 Å². The number of hydrogen-bond donors (Lipinski definition) is 0. The molecule has 0 amide bonds. The second-order valence-electron chi connectivity index (χ2n) is 4.22. The lowest BCUT2D eigenvalue weighted by atomic mass is 10.2. The van der Waals surface area contributed by atoms with Crippen LogP contribution in [0.5, 0.6) is 0 Å². The number of ketones is 1. The molecule has 0 atom stereocenters. The highest BCUT2D eigenvalue weighted by Crippen LogP contribution is 2.20.